The highest BCUT2D eigenvalue weighted by Crippen LogP contribution is 2.37. The number of ether oxygens (including phenoxy) is 1. The molecule has 8 nitrogen and oxygen atoms in total. The number of carbonyl (C=O) groups is 3. The van der Waals surface area contributed by atoms with Crippen LogP contribution in [0.5, 0.6) is 5.75 Å². The van der Waals surface area contributed by atoms with Crippen molar-refractivity contribution in [3.63, 3.8) is 0 Å². The van der Waals surface area contributed by atoms with E-state index in [1.807, 2.05) is 12.1 Å². The van der Waals surface area contributed by atoms with Crippen molar-refractivity contribution in [1.82, 2.24) is 10.2 Å². The quantitative estimate of drug-likeness (QED) is 0.838. The highest BCUT2D eigenvalue weighted by atomic mass is 16.5. The monoisotopic (exact) mass is 392 g/mol. The van der Waals surface area contributed by atoms with E-state index in [0.29, 0.717) is 22.7 Å². The number of likely N-dealkylation sites (N-methyl/N-ethyl adjacent to an activating group) is 1. The number of hydrogen-bond donors (Lipinski definition) is 1. The molecule has 1 atom stereocenters. The molecule has 2 heterocycles. The Hall–Kier alpha value is -3.81. The predicted molar refractivity (Wildman–Crippen MR) is 102 cm³/mol. The largest absolute Gasteiger partial charge is 0.545 e. The van der Waals surface area contributed by atoms with Gasteiger partial charge in [0.2, 0.25) is 0 Å². The Labute approximate surface area is 167 Å². The van der Waals surface area contributed by atoms with E-state index in [2.05, 4.69) is 5.32 Å². The Morgan fingerprint density at radius 1 is 1.10 bits per heavy atom. The maximum atomic E-state index is 13.3. The van der Waals surface area contributed by atoms with Crippen LogP contribution in [0.2, 0.25) is 0 Å². The van der Waals surface area contributed by atoms with E-state index in [4.69, 9.17) is 4.74 Å². The van der Waals surface area contributed by atoms with Gasteiger partial charge in [-0.05, 0) is 35.4 Å². The molecule has 0 bridgehead atoms. The number of nitrogens with zero attached hydrogens (tertiary/aromatic N) is 2. The number of nitrogens with one attached hydrogen (secondary N) is 1. The van der Waals surface area contributed by atoms with E-state index in [9.17, 15) is 19.5 Å². The summed E-state index contributed by atoms with van der Waals surface area (Å²) in [6.07, 6.45) is 0. The Balaban J connectivity index is 1.70. The fraction of sp³-hybridized carbons (Fsp3) is 0.190. The summed E-state index contributed by atoms with van der Waals surface area (Å²) in [4.78, 5) is 39.6. The number of rotatable bonds is 4. The van der Waals surface area contributed by atoms with Crippen molar-refractivity contribution in [2.75, 3.05) is 25.6 Å². The average Bonchev–Trinajstić information content (AvgIpc) is 3.08. The summed E-state index contributed by atoms with van der Waals surface area (Å²) in [5.74, 6) is -0.848. The molecular weight excluding hydrogens is 374 g/mol. The number of hydrogen-bond acceptors (Lipinski definition) is 5. The van der Waals surface area contributed by atoms with Gasteiger partial charge in [0.25, 0.3) is 5.91 Å². The van der Waals surface area contributed by atoms with Gasteiger partial charge in [-0.25, -0.2) is 4.79 Å². The molecule has 29 heavy (non-hydrogen) atoms. The summed E-state index contributed by atoms with van der Waals surface area (Å²) in [6, 6.07) is 12.2. The topological polar surface area (TPSA) is 102 Å². The number of anilines is 1. The molecule has 1 N–H and O–H groups in total. The number of carbonyl (C=O) groups excluding carboxylic acids is 3. The highest BCUT2D eigenvalue weighted by Gasteiger charge is 2.43. The molecule has 0 radical (unpaired) electrons. The molecule has 3 amide bonds. The second kappa shape index (κ2) is 6.97. The number of carboxylic acid groups (broad SMARTS) is 1. The predicted octanol–water partition coefficient (Wildman–Crippen LogP) is 1.06. The molecule has 0 saturated carbocycles. The molecule has 8 heteroatoms. The van der Waals surface area contributed by atoms with Crippen molar-refractivity contribution in [3.8, 4) is 5.75 Å². The molecule has 148 valence electrons. The average molecular weight is 392 g/mol. The summed E-state index contributed by atoms with van der Waals surface area (Å²) in [7, 11) is 3.18. The van der Waals surface area contributed by atoms with Crippen molar-refractivity contribution in [1.29, 1.82) is 0 Å². The van der Waals surface area contributed by atoms with Crippen LogP contribution in [0.3, 0.4) is 0 Å². The lowest BCUT2D eigenvalue weighted by atomic mass is 9.95. The summed E-state index contributed by atoms with van der Waals surface area (Å²) >= 11 is 0. The van der Waals surface area contributed by atoms with Crippen LogP contribution in [0.15, 0.2) is 59.8 Å². The lowest BCUT2D eigenvalue weighted by molar-refractivity contribution is -0.255. The van der Waals surface area contributed by atoms with Crippen LogP contribution < -0.4 is 20.1 Å². The van der Waals surface area contributed by atoms with Crippen LogP contribution in [0.25, 0.3) is 0 Å². The Morgan fingerprint density at radius 3 is 2.34 bits per heavy atom. The van der Waals surface area contributed by atoms with Gasteiger partial charge in [-0.15, -0.1) is 0 Å². The minimum Gasteiger partial charge on any atom is -0.545 e. The molecule has 2 aromatic rings. The van der Waals surface area contributed by atoms with E-state index in [-0.39, 0.29) is 24.0 Å². The van der Waals surface area contributed by atoms with Crippen molar-refractivity contribution in [3.05, 3.63) is 70.9 Å². The fourth-order valence-electron chi connectivity index (χ4n) is 3.60. The molecule has 2 aromatic carbocycles. The molecule has 0 aromatic heterocycles. The third-order valence-electron chi connectivity index (χ3n) is 5.22. The number of aromatic carboxylic acids is 1. The second-order valence-corrected chi connectivity index (χ2v) is 6.80. The van der Waals surface area contributed by atoms with Gasteiger partial charge in [0.1, 0.15) is 5.75 Å². The molecule has 2 aliphatic heterocycles. The van der Waals surface area contributed by atoms with Crippen molar-refractivity contribution >= 4 is 23.6 Å². The summed E-state index contributed by atoms with van der Waals surface area (Å²) in [6.45, 7) is 0.218. The number of benzene rings is 2. The Bertz CT molecular complexity index is 1030. The number of carboxylic acids is 1. The van der Waals surface area contributed by atoms with E-state index >= 15 is 0 Å². The number of amides is 3. The molecule has 0 aliphatic carbocycles. The summed E-state index contributed by atoms with van der Waals surface area (Å²) < 4.78 is 5.17. The SMILES string of the molecule is COc1ccc([C@@H]2NC(=O)N(C)C3=C2C(=O)N(c2ccc(C(=O)[O-])cc2)C3)cc1. The van der Waals surface area contributed by atoms with Crippen molar-refractivity contribution in [2.24, 2.45) is 0 Å². The van der Waals surface area contributed by atoms with E-state index in [0.717, 1.165) is 5.56 Å². The maximum Gasteiger partial charge on any atom is 0.322 e. The van der Waals surface area contributed by atoms with Gasteiger partial charge in [0.15, 0.2) is 0 Å². The fourth-order valence-corrected chi connectivity index (χ4v) is 3.60. The second-order valence-electron chi connectivity index (χ2n) is 6.80. The first-order valence-corrected chi connectivity index (χ1v) is 8.95. The van der Waals surface area contributed by atoms with Crippen LogP contribution in [0, 0.1) is 0 Å². The van der Waals surface area contributed by atoms with Crippen LogP contribution >= 0.6 is 0 Å². The summed E-state index contributed by atoms with van der Waals surface area (Å²) in [5, 5.41) is 13.8. The number of urea groups is 1. The molecule has 0 spiro atoms. The van der Waals surface area contributed by atoms with Crippen LogP contribution in [0.1, 0.15) is 22.0 Å². The number of methoxy groups -OCH3 is 1. The first-order chi connectivity index (χ1) is 13.9. The third-order valence-corrected chi connectivity index (χ3v) is 5.22. The van der Waals surface area contributed by atoms with Crippen LogP contribution in [-0.2, 0) is 4.79 Å². The van der Waals surface area contributed by atoms with Gasteiger partial charge in [-0.2, -0.15) is 0 Å². The molecule has 0 saturated heterocycles. The molecule has 2 aliphatic rings. The third kappa shape index (κ3) is 3.08. The smallest absolute Gasteiger partial charge is 0.322 e. The highest BCUT2D eigenvalue weighted by molar-refractivity contribution is 6.11. The zero-order valence-corrected chi connectivity index (χ0v) is 15.8. The van der Waals surface area contributed by atoms with Crippen molar-refractivity contribution < 1.29 is 24.2 Å². The molecule has 4 rings (SSSR count). The zero-order valence-electron chi connectivity index (χ0n) is 15.8. The lowest BCUT2D eigenvalue weighted by Gasteiger charge is -2.31. The maximum absolute atomic E-state index is 13.3. The van der Waals surface area contributed by atoms with Crippen LogP contribution in [0.4, 0.5) is 10.5 Å². The lowest BCUT2D eigenvalue weighted by Crippen LogP contribution is -2.45. The van der Waals surface area contributed by atoms with Gasteiger partial charge in [-0.1, -0.05) is 24.3 Å². The Kier molecular flexibility index (Phi) is 4.46. The van der Waals surface area contributed by atoms with Gasteiger partial charge in [-0.3, -0.25) is 9.69 Å². The van der Waals surface area contributed by atoms with Gasteiger partial charge < -0.3 is 24.9 Å². The zero-order chi connectivity index (χ0) is 20.7. The molecule has 0 fully saturated rings. The van der Waals surface area contributed by atoms with Crippen molar-refractivity contribution in [2.45, 2.75) is 6.04 Å². The van der Waals surface area contributed by atoms with Crippen LogP contribution in [-0.4, -0.2) is 43.5 Å². The Morgan fingerprint density at radius 2 is 1.76 bits per heavy atom. The normalized spacial score (nSPS) is 18.6. The summed E-state index contributed by atoms with van der Waals surface area (Å²) in [5.41, 5.74) is 2.44. The van der Waals surface area contributed by atoms with E-state index in [1.165, 1.54) is 21.9 Å². The minimum atomic E-state index is -1.28. The van der Waals surface area contributed by atoms with Gasteiger partial charge in [0.05, 0.1) is 36.9 Å². The van der Waals surface area contributed by atoms with Gasteiger partial charge in [0, 0.05) is 12.7 Å². The molecule has 0 unspecified atom stereocenters. The van der Waals surface area contributed by atoms with Gasteiger partial charge >= 0.3 is 6.03 Å². The minimum absolute atomic E-state index is 0.0307. The van der Waals surface area contributed by atoms with E-state index < -0.39 is 12.0 Å². The first kappa shape index (κ1) is 18.5. The standard InChI is InChI=1S/C21H19N3O5/c1-23-16-11-24(14-7-3-13(4-8-14)20(26)27)19(25)17(16)18(22-21(23)28)12-5-9-15(29-2)10-6-12/h3-10,18H,11H2,1-2H3,(H,22,28)(H,26,27)/p-1/t18-/m0/s1. The molecular formula is C21H18N3O5-. The van der Waals surface area contributed by atoms with E-state index in [1.54, 1.807) is 38.4 Å². The first-order valence-electron chi connectivity index (χ1n) is 8.95.